The topological polar surface area (TPSA) is 67.5 Å². The fourth-order valence-corrected chi connectivity index (χ4v) is 11.4. The van der Waals surface area contributed by atoms with Crippen molar-refractivity contribution in [2.45, 2.75) is 37.7 Å². The van der Waals surface area contributed by atoms with Crippen molar-refractivity contribution in [2.24, 2.45) is 23.7 Å². The summed E-state index contributed by atoms with van der Waals surface area (Å²) in [7, 11) is -0.926. The van der Waals surface area contributed by atoms with Crippen LogP contribution in [0.2, 0.25) is 0 Å². The summed E-state index contributed by atoms with van der Waals surface area (Å²) in [6, 6.07) is 2.14. The summed E-state index contributed by atoms with van der Waals surface area (Å²) in [5.74, 6) is 4.65. The SMILES string of the molecule is OB1C=C(C2C3CC4CC2CC(O)(C4)C3)c2c(cnc3c2ccn3SP(I)I)O1. The van der Waals surface area contributed by atoms with Crippen LogP contribution in [0, 0.1) is 23.7 Å². The number of aliphatic hydroxyl groups is 1. The van der Waals surface area contributed by atoms with E-state index in [1.54, 1.807) is 17.8 Å². The van der Waals surface area contributed by atoms with Gasteiger partial charge in [0.25, 0.3) is 0 Å². The molecule has 0 aromatic carbocycles. The highest BCUT2D eigenvalue weighted by Gasteiger charge is 2.56. The molecule has 152 valence electrons. The molecule has 0 radical (unpaired) electrons. The molecular weight excluding hydrogens is 632 g/mol. The third-order valence-electron chi connectivity index (χ3n) is 7.25. The minimum absolute atomic E-state index is 0.214. The molecule has 4 fully saturated rings. The Morgan fingerprint density at radius 3 is 2.72 bits per heavy atom. The van der Waals surface area contributed by atoms with Crippen LogP contribution in [0.25, 0.3) is 16.6 Å². The molecule has 7 rings (SSSR count). The average Bonchev–Trinajstić information content (AvgIpc) is 3.01. The van der Waals surface area contributed by atoms with Crippen molar-refractivity contribution in [3.05, 3.63) is 30.0 Å². The molecule has 3 heterocycles. The van der Waals surface area contributed by atoms with Crippen molar-refractivity contribution < 1.29 is 14.8 Å². The lowest BCUT2D eigenvalue weighted by molar-refractivity contribution is -0.139. The average molecular weight is 652 g/mol. The number of nitrogens with zero attached hydrogens (tertiary/aromatic N) is 2. The van der Waals surface area contributed by atoms with E-state index in [9.17, 15) is 10.1 Å². The smallest absolute Gasteiger partial charge is 0.531 e. The summed E-state index contributed by atoms with van der Waals surface area (Å²) in [5.41, 5.74) is 2.83. The molecule has 2 aromatic heterocycles. The zero-order valence-corrected chi connectivity index (χ0v) is 21.6. The number of hydrogen-bond donors (Lipinski definition) is 2. The second kappa shape index (κ2) is 7.23. The zero-order valence-electron chi connectivity index (χ0n) is 15.5. The van der Waals surface area contributed by atoms with Crippen LogP contribution in [0.3, 0.4) is 0 Å². The molecule has 1 aliphatic heterocycles. The van der Waals surface area contributed by atoms with E-state index in [4.69, 9.17) is 4.65 Å². The maximum atomic E-state index is 11.0. The van der Waals surface area contributed by atoms with Gasteiger partial charge in [-0.25, -0.2) is 4.98 Å². The summed E-state index contributed by atoms with van der Waals surface area (Å²) in [6.45, 7) is 0. The van der Waals surface area contributed by atoms with Gasteiger partial charge in [0, 0.05) is 28.7 Å². The Balaban J connectivity index is 1.48. The summed E-state index contributed by atoms with van der Waals surface area (Å²) < 4.78 is 7.72. The molecule has 2 N–H and O–H groups in total. The van der Waals surface area contributed by atoms with Crippen molar-refractivity contribution in [2.75, 3.05) is 0 Å². The highest BCUT2D eigenvalue weighted by Crippen LogP contribution is 2.66. The van der Waals surface area contributed by atoms with Gasteiger partial charge in [-0.1, -0.05) is 0 Å². The van der Waals surface area contributed by atoms with Gasteiger partial charge in [-0.15, -0.1) is 0 Å². The first kappa shape index (κ1) is 20.1. The van der Waals surface area contributed by atoms with Crippen molar-refractivity contribution in [3.63, 3.8) is 0 Å². The highest BCUT2D eigenvalue weighted by molar-refractivity contribution is 14.3. The largest absolute Gasteiger partial charge is 0.552 e. The lowest BCUT2D eigenvalue weighted by Gasteiger charge is -2.59. The molecule has 29 heavy (non-hydrogen) atoms. The van der Waals surface area contributed by atoms with E-state index >= 15 is 0 Å². The Hall–Kier alpha value is 0.455. The van der Waals surface area contributed by atoms with Gasteiger partial charge in [0.15, 0.2) is 5.65 Å². The predicted molar refractivity (Wildman–Crippen MR) is 136 cm³/mol. The van der Waals surface area contributed by atoms with Crippen LogP contribution in [-0.4, -0.2) is 31.8 Å². The van der Waals surface area contributed by atoms with Gasteiger partial charge in [0.05, 0.1) is 11.8 Å². The molecule has 2 atom stereocenters. The van der Waals surface area contributed by atoms with Crippen molar-refractivity contribution in [1.82, 2.24) is 8.96 Å². The fourth-order valence-electron chi connectivity index (χ4n) is 6.73. The van der Waals surface area contributed by atoms with Crippen molar-refractivity contribution in [1.29, 1.82) is 0 Å². The minimum Gasteiger partial charge on any atom is -0.531 e. The molecule has 10 heteroatoms. The van der Waals surface area contributed by atoms with Crippen LogP contribution in [0.15, 0.2) is 24.4 Å². The normalized spacial score (nSPS) is 35.2. The van der Waals surface area contributed by atoms with Crippen LogP contribution in [0.4, 0.5) is 0 Å². The van der Waals surface area contributed by atoms with Crippen LogP contribution >= 0.6 is 58.1 Å². The van der Waals surface area contributed by atoms with E-state index in [-0.39, 0.29) is 2.41 Å². The van der Waals surface area contributed by atoms with Gasteiger partial charge in [0.1, 0.15) is 8.16 Å². The molecule has 0 amide bonds. The Morgan fingerprint density at radius 1 is 1.28 bits per heavy atom. The number of halogens is 2. The third-order valence-corrected chi connectivity index (χ3v) is 11.9. The van der Waals surface area contributed by atoms with E-state index in [1.165, 1.54) is 18.4 Å². The molecule has 4 saturated carbocycles. The number of allylic oxidation sites excluding steroid dienone is 1. The first-order chi connectivity index (χ1) is 13.9. The van der Waals surface area contributed by atoms with Gasteiger partial charge in [0.2, 0.25) is 0 Å². The lowest BCUT2D eigenvalue weighted by atomic mass is 9.48. The van der Waals surface area contributed by atoms with Gasteiger partial charge in [-0.05, 0) is 117 Å². The highest BCUT2D eigenvalue weighted by atomic mass is 127. The second-order valence-corrected chi connectivity index (χ2v) is 26.8. The predicted octanol–water partition coefficient (Wildman–Crippen LogP) is 5.61. The molecule has 2 aromatic rings. The van der Waals surface area contributed by atoms with E-state index in [0.717, 1.165) is 35.9 Å². The minimum atomic E-state index is -0.926. The number of rotatable bonds is 3. The van der Waals surface area contributed by atoms with Gasteiger partial charge in [-0.3, -0.25) is 3.97 Å². The number of aromatic nitrogens is 2. The summed E-state index contributed by atoms with van der Waals surface area (Å²) in [6.07, 6.45) is 9.05. The van der Waals surface area contributed by atoms with Crippen LogP contribution in [-0.2, 0) is 0 Å². The zero-order chi connectivity index (χ0) is 19.9. The van der Waals surface area contributed by atoms with Gasteiger partial charge in [-0.2, -0.15) is 0 Å². The monoisotopic (exact) mass is 652 g/mol. The molecule has 5 aliphatic rings. The standard InChI is InChI=1S/C19H20BI2N2O3PS/c21-28(22)29-24-2-1-13-17-14(8-20(26)27-15(17)9-23-18(13)24)16-11-3-10-4-12(16)7-19(25,5-10)6-11/h1-2,8-12,16,25-26H,3-7H2. The maximum absolute atomic E-state index is 11.0. The van der Waals surface area contributed by atoms with E-state index in [0.29, 0.717) is 29.4 Å². The summed E-state index contributed by atoms with van der Waals surface area (Å²) in [5, 5.41) is 22.6. The van der Waals surface area contributed by atoms with Gasteiger partial charge < -0.3 is 14.8 Å². The fraction of sp³-hybridized carbons (Fsp3) is 0.526. The molecule has 0 spiro atoms. The van der Waals surface area contributed by atoms with E-state index in [2.05, 4.69) is 65.3 Å². The summed E-state index contributed by atoms with van der Waals surface area (Å²) in [4.78, 5) is 4.67. The van der Waals surface area contributed by atoms with Crippen LogP contribution in [0.5, 0.6) is 5.75 Å². The molecule has 2 unspecified atom stereocenters. The van der Waals surface area contributed by atoms with E-state index in [1.807, 2.05) is 5.98 Å². The van der Waals surface area contributed by atoms with Gasteiger partial charge >= 0.3 is 7.12 Å². The number of hydrogen-bond acceptors (Lipinski definition) is 5. The van der Waals surface area contributed by atoms with Crippen molar-refractivity contribution >= 4 is 81.8 Å². The quantitative estimate of drug-likeness (QED) is 0.257. The lowest BCUT2D eigenvalue weighted by Crippen LogP contribution is -2.55. The second-order valence-electron chi connectivity index (χ2n) is 9.01. The molecule has 5 nitrogen and oxygen atoms in total. The Bertz CT molecular complexity index is 1020. The Kier molecular flexibility index (Phi) is 5.01. The Morgan fingerprint density at radius 2 is 2.03 bits per heavy atom. The van der Waals surface area contributed by atoms with E-state index < -0.39 is 12.7 Å². The number of fused-ring (bicyclic) bond motifs is 3. The Labute approximate surface area is 201 Å². The van der Waals surface area contributed by atoms with Crippen LogP contribution in [0.1, 0.15) is 37.7 Å². The van der Waals surface area contributed by atoms with Crippen LogP contribution < -0.4 is 4.65 Å². The first-order valence-electron chi connectivity index (χ1n) is 9.99. The first-order valence-corrected chi connectivity index (χ1v) is 18.3. The summed E-state index contributed by atoms with van der Waals surface area (Å²) >= 11 is 6.71. The molecule has 4 aliphatic carbocycles. The maximum Gasteiger partial charge on any atom is 0.552 e. The van der Waals surface area contributed by atoms with Crippen molar-refractivity contribution in [3.8, 4) is 5.75 Å². The number of pyridine rings is 1. The third kappa shape index (κ3) is 3.32. The molecule has 0 saturated heterocycles. The molecule has 4 bridgehead atoms. The molecular formula is C19H20BI2N2O3PS.